The van der Waals surface area contributed by atoms with E-state index in [0.29, 0.717) is 12.0 Å². The van der Waals surface area contributed by atoms with Gasteiger partial charge in [-0.15, -0.1) is 0 Å². The largest absolute Gasteiger partial charge is 0.478 e. The fraction of sp³-hybridized carbons (Fsp3) is 0.412. The van der Waals surface area contributed by atoms with Crippen LogP contribution < -0.4 is 0 Å². The molecule has 23 heavy (non-hydrogen) atoms. The third-order valence-electron chi connectivity index (χ3n) is 3.82. The van der Waals surface area contributed by atoms with E-state index in [1.165, 1.54) is 19.1 Å². The third kappa shape index (κ3) is 4.91. The number of esters is 1. The van der Waals surface area contributed by atoms with Crippen molar-refractivity contribution in [2.45, 2.75) is 20.3 Å². The van der Waals surface area contributed by atoms with Crippen molar-refractivity contribution in [3.63, 3.8) is 0 Å². The summed E-state index contributed by atoms with van der Waals surface area (Å²) in [6.45, 7) is 2.50. The maximum absolute atomic E-state index is 12.2. The van der Waals surface area contributed by atoms with Gasteiger partial charge in [-0.1, -0.05) is 25.1 Å². The van der Waals surface area contributed by atoms with E-state index >= 15 is 0 Å². The molecule has 0 aliphatic heterocycles. The summed E-state index contributed by atoms with van der Waals surface area (Å²) in [6, 6.07) is 6.49. The number of rotatable bonds is 8. The average Bonchev–Trinajstić information content (AvgIpc) is 2.56. The second-order valence-electron chi connectivity index (χ2n) is 5.47. The van der Waals surface area contributed by atoms with Crippen molar-refractivity contribution in [1.29, 1.82) is 0 Å². The number of benzene rings is 1. The molecule has 1 rings (SSSR count). The topological polar surface area (TPSA) is 104 Å². The number of carbonyl (C=O) groups excluding carboxylic acids is 1. The lowest BCUT2D eigenvalue weighted by molar-refractivity contribution is -0.132. The summed E-state index contributed by atoms with van der Waals surface area (Å²) < 4.78 is 5.21. The van der Waals surface area contributed by atoms with Gasteiger partial charge in [0.1, 0.15) is 6.61 Å². The van der Waals surface area contributed by atoms with Crippen LogP contribution in [-0.2, 0) is 9.53 Å². The molecule has 0 aliphatic carbocycles. The number of hydrogen-bond donors (Lipinski definition) is 3. The molecule has 0 saturated heterocycles. The Balaban J connectivity index is 2.97. The van der Waals surface area contributed by atoms with Crippen molar-refractivity contribution in [3.8, 4) is 0 Å². The van der Waals surface area contributed by atoms with E-state index in [9.17, 15) is 19.8 Å². The molecule has 3 N–H and O–H groups in total. The molecule has 0 fully saturated rings. The second-order valence-corrected chi connectivity index (χ2v) is 5.47. The van der Waals surface area contributed by atoms with Crippen LogP contribution >= 0.6 is 0 Å². The molecule has 0 heterocycles. The van der Waals surface area contributed by atoms with Crippen LogP contribution in [0, 0.1) is 5.41 Å². The van der Waals surface area contributed by atoms with Crippen LogP contribution in [0.1, 0.15) is 36.2 Å². The first kappa shape index (κ1) is 18.9. The van der Waals surface area contributed by atoms with E-state index in [0.717, 1.165) is 0 Å². The van der Waals surface area contributed by atoms with Gasteiger partial charge in [-0.25, -0.2) is 9.59 Å². The highest BCUT2D eigenvalue weighted by atomic mass is 16.5. The van der Waals surface area contributed by atoms with Gasteiger partial charge >= 0.3 is 11.9 Å². The van der Waals surface area contributed by atoms with Crippen LogP contribution in [0.15, 0.2) is 29.8 Å². The number of aliphatic hydroxyl groups is 2. The first-order valence-electron chi connectivity index (χ1n) is 7.28. The van der Waals surface area contributed by atoms with Gasteiger partial charge in [0.15, 0.2) is 0 Å². The fourth-order valence-corrected chi connectivity index (χ4v) is 1.87. The second kappa shape index (κ2) is 8.45. The Labute approximate surface area is 135 Å². The van der Waals surface area contributed by atoms with Crippen molar-refractivity contribution < 1.29 is 29.6 Å². The normalized spacial score (nSPS) is 12.1. The van der Waals surface area contributed by atoms with Crippen LogP contribution in [0.4, 0.5) is 0 Å². The van der Waals surface area contributed by atoms with E-state index in [2.05, 4.69) is 0 Å². The number of aliphatic hydroxyl groups excluding tert-OH is 2. The van der Waals surface area contributed by atoms with E-state index in [-0.39, 0.29) is 31.0 Å². The first-order chi connectivity index (χ1) is 10.9. The summed E-state index contributed by atoms with van der Waals surface area (Å²) in [6.07, 6.45) is 1.84. The first-order valence-corrected chi connectivity index (χ1v) is 7.28. The summed E-state index contributed by atoms with van der Waals surface area (Å²) >= 11 is 0. The number of carboxylic acids is 1. The zero-order chi connectivity index (χ0) is 17.5. The molecule has 0 amide bonds. The highest BCUT2D eigenvalue weighted by molar-refractivity contribution is 5.97. The summed E-state index contributed by atoms with van der Waals surface area (Å²) in [4.78, 5) is 23.2. The Morgan fingerprint density at radius 3 is 2.35 bits per heavy atom. The van der Waals surface area contributed by atoms with E-state index in [1.54, 1.807) is 25.1 Å². The van der Waals surface area contributed by atoms with Gasteiger partial charge in [-0.3, -0.25) is 0 Å². The Bertz CT molecular complexity index is 578. The van der Waals surface area contributed by atoms with E-state index in [1.807, 2.05) is 0 Å². The van der Waals surface area contributed by atoms with Crippen molar-refractivity contribution >= 4 is 18.0 Å². The van der Waals surface area contributed by atoms with Crippen LogP contribution in [0.3, 0.4) is 0 Å². The molecule has 6 nitrogen and oxygen atoms in total. The third-order valence-corrected chi connectivity index (χ3v) is 3.82. The Kier molecular flexibility index (Phi) is 6.93. The number of aliphatic carboxylic acids is 1. The summed E-state index contributed by atoms with van der Waals surface area (Å²) in [5, 5.41) is 27.7. The number of hydrogen-bond acceptors (Lipinski definition) is 5. The molecule has 0 atom stereocenters. The quantitative estimate of drug-likeness (QED) is 0.497. The average molecular weight is 322 g/mol. The predicted octanol–water partition coefficient (Wildman–Crippen LogP) is 1.71. The SMILES string of the molecule is CCC(CO)(CO)COC(=O)c1ccccc1C=C(C)C(=O)O. The van der Waals surface area contributed by atoms with Gasteiger partial charge in [-0.2, -0.15) is 0 Å². The monoisotopic (exact) mass is 322 g/mol. The highest BCUT2D eigenvalue weighted by Crippen LogP contribution is 2.22. The molecule has 0 aromatic heterocycles. The fourth-order valence-electron chi connectivity index (χ4n) is 1.87. The van der Waals surface area contributed by atoms with Gasteiger partial charge in [0.25, 0.3) is 0 Å². The molecular weight excluding hydrogens is 300 g/mol. The van der Waals surface area contributed by atoms with Gasteiger partial charge in [-0.05, 0) is 31.1 Å². The Morgan fingerprint density at radius 1 is 1.22 bits per heavy atom. The highest BCUT2D eigenvalue weighted by Gasteiger charge is 2.29. The molecule has 126 valence electrons. The maximum Gasteiger partial charge on any atom is 0.338 e. The van der Waals surface area contributed by atoms with Crippen molar-refractivity contribution in [3.05, 3.63) is 41.0 Å². The van der Waals surface area contributed by atoms with Gasteiger partial charge in [0, 0.05) is 5.57 Å². The van der Waals surface area contributed by atoms with Crippen molar-refractivity contribution in [2.24, 2.45) is 5.41 Å². The minimum absolute atomic E-state index is 0.0962. The number of ether oxygens (including phenoxy) is 1. The van der Waals surface area contributed by atoms with Crippen LogP contribution in [0.5, 0.6) is 0 Å². The smallest absolute Gasteiger partial charge is 0.338 e. The predicted molar refractivity (Wildman–Crippen MR) is 84.9 cm³/mol. The molecule has 0 bridgehead atoms. The summed E-state index contributed by atoms with van der Waals surface area (Å²) in [5.74, 6) is -1.70. The van der Waals surface area contributed by atoms with Crippen LogP contribution in [0.2, 0.25) is 0 Å². The van der Waals surface area contributed by atoms with Crippen LogP contribution in [0.25, 0.3) is 6.08 Å². The Hall–Kier alpha value is -2.18. The maximum atomic E-state index is 12.2. The zero-order valence-corrected chi connectivity index (χ0v) is 13.3. The molecule has 0 aliphatic rings. The molecule has 6 heteroatoms. The molecule has 0 spiro atoms. The molecule has 0 radical (unpaired) electrons. The summed E-state index contributed by atoms with van der Waals surface area (Å²) in [7, 11) is 0. The lowest BCUT2D eigenvalue weighted by atomic mass is 9.88. The van der Waals surface area contributed by atoms with E-state index < -0.39 is 17.4 Å². The lowest BCUT2D eigenvalue weighted by Crippen LogP contribution is -2.35. The minimum atomic E-state index is -1.07. The van der Waals surface area contributed by atoms with Crippen molar-refractivity contribution in [1.82, 2.24) is 0 Å². The van der Waals surface area contributed by atoms with Crippen LogP contribution in [-0.4, -0.2) is 47.1 Å². The molecular formula is C17H22O6. The standard InChI is InChI=1S/C17H22O6/c1-3-17(9-18,10-19)11-23-16(22)14-7-5-4-6-13(14)8-12(2)15(20)21/h4-8,18-19H,3,9-11H2,1-2H3,(H,20,21). The molecule has 1 aromatic carbocycles. The Morgan fingerprint density at radius 2 is 1.83 bits per heavy atom. The van der Waals surface area contributed by atoms with Gasteiger partial charge < -0.3 is 20.1 Å². The molecule has 0 unspecified atom stereocenters. The molecule has 1 aromatic rings. The van der Waals surface area contributed by atoms with Gasteiger partial charge in [0.2, 0.25) is 0 Å². The lowest BCUT2D eigenvalue weighted by Gasteiger charge is -2.27. The zero-order valence-electron chi connectivity index (χ0n) is 13.3. The number of carboxylic acid groups (broad SMARTS) is 1. The molecule has 0 saturated carbocycles. The van der Waals surface area contributed by atoms with Gasteiger partial charge in [0.05, 0.1) is 24.2 Å². The summed E-state index contributed by atoms with van der Waals surface area (Å²) in [5.41, 5.74) is -0.113. The van der Waals surface area contributed by atoms with Crippen molar-refractivity contribution in [2.75, 3.05) is 19.8 Å². The minimum Gasteiger partial charge on any atom is -0.478 e. The number of carbonyl (C=O) groups is 2. The van der Waals surface area contributed by atoms with E-state index in [4.69, 9.17) is 9.84 Å².